The molecule has 0 aliphatic heterocycles. The normalized spacial score (nSPS) is 14.7. The number of aliphatic hydroxyl groups is 1. The van der Waals surface area contributed by atoms with E-state index < -0.39 is 12.2 Å². The molecule has 3 atom stereocenters. The first-order valence-corrected chi connectivity index (χ1v) is 8.84. The van der Waals surface area contributed by atoms with Crippen molar-refractivity contribution >= 4 is 0 Å². The second-order valence-electron chi connectivity index (χ2n) is 5.99. The number of ether oxygens (including phenoxy) is 3. The average molecular weight is 344 g/mol. The SMILES string of the molecule is CCCO[C@@H](CO)[C@@H](Oc1ccccc1)[C@H](C)OCc1ccccc1. The highest BCUT2D eigenvalue weighted by Crippen LogP contribution is 2.19. The molecule has 0 aliphatic carbocycles. The fourth-order valence-corrected chi connectivity index (χ4v) is 2.55. The molecule has 0 radical (unpaired) electrons. The molecule has 2 aromatic rings. The fourth-order valence-electron chi connectivity index (χ4n) is 2.55. The summed E-state index contributed by atoms with van der Waals surface area (Å²) in [6, 6.07) is 19.6. The molecule has 0 aliphatic rings. The van der Waals surface area contributed by atoms with E-state index in [0.717, 1.165) is 17.7 Å². The Kier molecular flexibility index (Phi) is 8.46. The summed E-state index contributed by atoms with van der Waals surface area (Å²) >= 11 is 0. The Hall–Kier alpha value is -1.88. The number of hydrogen-bond donors (Lipinski definition) is 1. The monoisotopic (exact) mass is 344 g/mol. The minimum Gasteiger partial charge on any atom is -0.485 e. The third-order valence-corrected chi connectivity index (χ3v) is 3.92. The third-order valence-electron chi connectivity index (χ3n) is 3.92. The van der Waals surface area contributed by atoms with Crippen LogP contribution >= 0.6 is 0 Å². The van der Waals surface area contributed by atoms with E-state index in [-0.39, 0.29) is 12.7 Å². The van der Waals surface area contributed by atoms with Crippen LogP contribution in [0.2, 0.25) is 0 Å². The van der Waals surface area contributed by atoms with Crippen molar-refractivity contribution in [3.8, 4) is 5.75 Å². The predicted octanol–water partition coefficient (Wildman–Crippen LogP) is 3.83. The van der Waals surface area contributed by atoms with Crippen molar-refractivity contribution in [1.29, 1.82) is 0 Å². The molecule has 0 saturated heterocycles. The molecule has 0 bridgehead atoms. The van der Waals surface area contributed by atoms with Gasteiger partial charge in [-0.15, -0.1) is 0 Å². The van der Waals surface area contributed by atoms with E-state index in [9.17, 15) is 5.11 Å². The van der Waals surface area contributed by atoms with Gasteiger partial charge in [-0.05, 0) is 31.0 Å². The lowest BCUT2D eigenvalue weighted by Crippen LogP contribution is -2.45. The Morgan fingerprint density at radius 1 is 0.920 bits per heavy atom. The Balaban J connectivity index is 2.05. The van der Waals surface area contributed by atoms with Crippen molar-refractivity contribution in [3.05, 3.63) is 66.2 Å². The van der Waals surface area contributed by atoms with E-state index in [4.69, 9.17) is 14.2 Å². The smallest absolute Gasteiger partial charge is 0.153 e. The van der Waals surface area contributed by atoms with Crippen molar-refractivity contribution in [2.24, 2.45) is 0 Å². The van der Waals surface area contributed by atoms with Crippen molar-refractivity contribution in [1.82, 2.24) is 0 Å². The van der Waals surface area contributed by atoms with Crippen molar-refractivity contribution in [2.45, 2.75) is 45.2 Å². The van der Waals surface area contributed by atoms with Crippen LogP contribution in [0, 0.1) is 0 Å². The molecule has 4 heteroatoms. The first-order valence-electron chi connectivity index (χ1n) is 8.84. The van der Waals surface area contributed by atoms with Crippen LogP contribution in [-0.2, 0) is 16.1 Å². The second kappa shape index (κ2) is 10.9. The lowest BCUT2D eigenvalue weighted by atomic mass is 10.1. The molecule has 0 spiro atoms. The van der Waals surface area contributed by atoms with Gasteiger partial charge in [0.2, 0.25) is 0 Å². The van der Waals surface area contributed by atoms with Crippen LogP contribution in [0.3, 0.4) is 0 Å². The molecular formula is C21H28O4. The zero-order valence-corrected chi connectivity index (χ0v) is 15.0. The Bertz CT molecular complexity index is 573. The molecule has 2 aromatic carbocycles. The van der Waals surface area contributed by atoms with Crippen molar-refractivity contribution < 1.29 is 19.3 Å². The minimum atomic E-state index is -0.439. The quantitative estimate of drug-likeness (QED) is 0.673. The molecule has 0 saturated carbocycles. The number of para-hydroxylation sites is 1. The molecule has 136 valence electrons. The summed E-state index contributed by atoms with van der Waals surface area (Å²) in [4.78, 5) is 0. The van der Waals surface area contributed by atoms with Crippen molar-refractivity contribution in [3.63, 3.8) is 0 Å². The zero-order valence-electron chi connectivity index (χ0n) is 15.0. The Labute approximate surface area is 150 Å². The van der Waals surface area contributed by atoms with E-state index >= 15 is 0 Å². The summed E-state index contributed by atoms with van der Waals surface area (Å²) < 4.78 is 17.9. The molecule has 0 aromatic heterocycles. The molecule has 0 heterocycles. The molecule has 25 heavy (non-hydrogen) atoms. The lowest BCUT2D eigenvalue weighted by Gasteiger charge is -2.31. The Morgan fingerprint density at radius 3 is 2.16 bits per heavy atom. The highest BCUT2D eigenvalue weighted by Gasteiger charge is 2.30. The van der Waals surface area contributed by atoms with Gasteiger partial charge in [-0.25, -0.2) is 0 Å². The zero-order chi connectivity index (χ0) is 17.9. The van der Waals surface area contributed by atoms with Gasteiger partial charge in [0.1, 0.15) is 11.9 Å². The van der Waals surface area contributed by atoms with Crippen LogP contribution in [0.25, 0.3) is 0 Å². The summed E-state index contributed by atoms with van der Waals surface area (Å²) in [7, 11) is 0. The number of benzene rings is 2. The van der Waals surface area contributed by atoms with Gasteiger partial charge < -0.3 is 19.3 Å². The third kappa shape index (κ3) is 6.50. The van der Waals surface area contributed by atoms with Crippen LogP contribution in [0.4, 0.5) is 0 Å². The van der Waals surface area contributed by atoms with Gasteiger partial charge in [-0.2, -0.15) is 0 Å². The molecule has 0 amide bonds. The maximum atomic E-state index is 9.77. The summed E-state index contributed by atoms with van der Waals surface area (Å²) in [6.45, 7) is 4.94. The summed E-state index contributed by atoms with van der Waals surface area (Å²) in [5.74, 6) is 0.737. The molecule has 0 unspecified atom stereocenters. The number of rotatable bonds is 11. The Morgan fingerprint density at radius 2 is 1.56 bits per heavy atom. The first kappa shape index (κ1) is 19.4. The summed E-state index contributed by atoms with van der Waals surface area (Å²) in [5.41, 5.74) is 1.10. The molecule has 2 rings (SSSR count). The van der Waals surface area contributed by atoms with Gasteiger partial charge in [0.05, 0.1) is 19.3 Å². The maximum Gasteiger partial charge on any atom is 0.153 e. The highest BCUT2D eigenvalue weighted by atomic mass is 16.6. The van der Waals surface area contributed by atoms with E-state index in [1.165, 1.54) is 0 Å². The topological polar surface area (TPSA) is 47.9 Å². The van der Waals surface area contributed by atoms with Crippen molar-refractivity contribution in [2.75, 3.05) is 13.2 Å². The van der Waals surface area contributed by atoms with E-state index in [0.29, 0.717) is 13.2 Å². The average Bonchev–Trinajstić information content (AvgIpc) is 2.67. The van der Waals surface area contributed by atoms with Crippen LogP contribution in [0.15, 0.2) is 60.7 Å². The van der Waals surface area contributed by atoms with Gasteiger partial charge in [0.15, 0.2) is 6.10 Å². The molecule has 4 nitrogen and oxygen atoms in total. The number of hydrogen-bond acceptors (Lipinski definition) is 4. The van der Waals surface area contributed by atoms with E-state index in [1.54, 1.807) is 0 Å². The lowest BCUT2D eigenvalue weighted by molar-refractivity contribution is -0.112. The fraction of sp³-hybridized carbons (Fsp3) is 0.429. The standard InChI is InChI=1S/C21H28O4/c1-3-14-23-20(15-22)21(25-19-12-8-5-9-13-19)17(2)24-16-18-10-6-4-7-11-18/h4-13,17,20-22H,3,14-16H2,1-2H3/t17-,20-,21-/m0/s1. The van der Waals surface area contributed by atoms with Gasteiger partial charge in [-0.3, -0.25) is 0 Å². The minimum absolute atomic E-state index is 0.115. The molecular weight excluding hydrogens is 316 g/mol. The van der Waals surface area contributed by atoms with Gasteiger partial charge >= 0.3 is 0 Å². The van der Waals surface area contributed by atoms with Gasteiger partial charge in [-0.1, -0.05) is 55.5 Å². The highest BCUT2D eigenvalue weighted by molar-refractivity contribution is 5.21. The first-order chi connectivity index (χ1) is 12.2. The van der Waals surface area contributed by atoms with E-state index in [2.05, 4.69) is 0 Å². The largest absolute Gasteiger partial charge is 0.485 e. The molecule has 0 fully saturated rings. The van der Waals surface area contributed by atoms with Gasteiger partial charge in [0.25, 0.3) is 0 Å². The van der Waals surface area contributed by atoms with Gasteiger partial charge in [0, 0.05) is 6.61 Å². The predicted molar refractivity (Wildman–Crippen MR) is 98.7 cm³/mol. The summed E-state index contributed by atoms with van der Waals surface area (Å²) in [5, 5.41) is 9.77. The number of aliphatic hydroxyl groups excluding tert-OH is 1. The van der Waals surface area contributed by atoms with Crippen LogP contribution in [0.5, 0.6) is 5.75 Å². The van der Waals surface area contributed by atoms with Crippen LogP contribution in [-0.4, -0.2) is 36.6 Å². The van der Waals surface area contributed by atoms with E-state index in [1.807, 2.05) is 74.5 Å². The second-order valence-corrected chi connectivity index (χ2v) is 5.99. The maximum absolute atomic E-state index is 9.77. The molecule has 1 N–H and O–H groups in total. The van der Waals surface area contributed by atoms with Crippen LogP contribution in [0.1, 0.15) is 25.8 Å². The van der Waals surface area contributed by atoms with Crippen LogP contribution < -0.4 is 4.74 Å². The summed E-state index contributed by atoms with van der Waals surface area (Å²) in [6.07, 6.45) is -0.198.